The predicted molar refractivity (Wildman–Crippen MR) is 184 cm³/mol. The zero-order chi connectivity index (χ0) is 35.8. The molecule has 0 aliphatic carbocycles. The molecule has 0 spiro atoms. The van der Waals surface area contributed by atoms with Crippen molar-refractivity contribution in [2.24, 2.45) is 5.16 Å². The van der Waals surface area contributed by atoms with E-state index >= 15 is 4.39 Å². The number of aliphatic carboxylic acids is 1. The number of hydrogen-bond donors (Lipinski definition) is 4. The zero-order valence-electron chi connectivity index (χ0n) is 27.3. The van der Waals surface area contributed by atoms with Gasteiger partial charge in [-0.1, -0.05) is 17.6 Å². The van der Waals surface area contributed by atoms with Crippen LogP contribution in [-0.2, 0) is 32.3 Å². The highest BCUT2D eigenvalue weighted by Gasteiger charge is 2.54. The van der Waals surface area contributed by atoms with Crippen molar-refractivity contribution in [3.8, 4) is 0 Å². The lowest BCUT2D eigenvalue weighted by atomic mass is 10.0. The Kier molecular flexibility index (Phi) is 9.49. The summed E-state index contributed by atoms with van der Waals surface area (Å²) >= 11 is 2.45. The largest absolute Gasteiger partial charge is 0.477 e. The Labute approximate surface area is 298 Å². The maximum atomic E-state index is 15.2. The first kappa shape index (κ1) is 34.2. The van der Waals surface area contributed by atoms with Crippen LogP contribution in [0.1, 0.15) is 40.9 Å². The molecule has 6 heterocycles. The van der Waals surface area contributed by atoms with Crippen molar-refractivity contribution in [3.63, 3.8) is 0 Å². The number of benzene rings is 1. The lowest BCUT2D eigenvalue weighted by molar-refractivity contribution is -0.662. The molecule has 3 aliphatic heterocycles. The Morgan fingerprint density at radius 1 is 1.20 bits per heavy atom. The molecule has 4 aromatic rings. The third kappa shape index (κ3) is 6.66. The van der Waals surface area contributed by atoms with Crippen molar-refractivity contribution in [3.05, 3.63) is 82.1 Å². The van der Waals surface area contributed by atoms with Gasteiger partial charge in [-0.15, -0.1) is 27.6 Å². The fourth-order valence-corrected chi connectivity index (χ4v) is 8.30. The molecule has 2 atom stereocenters. The van der Waals surface area contributed by atoms with Crippen LogP contribution in [-0.4, -0.2) is 96.0 Å². The Morgan fingerprint density at radius 2 is 2.00 bits per heavy atom. The Balaban J connectivity index is 1.04. The highest BCUT2D eigenvalue weighted by molar-refractivity contribution is 8.00. The van der Waals surface area contributed by atoms with E-state index in [4.69, 9.17) is 10.6 Å². The Morgan fingerprint density at radius 3 is 2.71 bits per heavy atom. The van der Waals surface area contributed by atoms with Crippen LogP contribution in [0.2, 0.25) is 0 Å². The molecule has 2 saturated heterocycles. The van der Waals surface area contributed by atoms with E-state index in [1.54, 1.807) is 35.4 Å². The van der Waals surface area contributed by atoms with Gasteiger partial charge in [0.2, 0.25) is 0 Å². The molecule has 0 saturated carbocycles. The van der Waals surface area contributed by atoms with Gasteiger partial charge in [-0.25, -0.2) is 28.4 Å². The number of thiazole rings is 1. The number of hydrazine groups is 1. The minimum Gasteiger partial charge on any atom is -0.477 e. The van der Waals surface area contributed by atoms with Crippen molar-refractivity contribution in [1.29, 1.82) is 0 Å². The molecule has 0 bridgehead atoms. The Hall–Kier alpha value is -5.27. The second-order valence-electron chi connectivity index (χ2n) is 12.1. The van der Waals surface area contributed by atoms with Gasteiger partial charge in [-0.3, -0.25) is 24.7 Å². The summed E-state index contributed by atoms with van der Waals surface area (Å²) in [6.07, 6.45) is 8.50. The summed E-state index contributed by atoms with van der Waals surface area (Å²) < 4.78 is 20.7. The topological polar surface area (TPSA) is 193 Å². The summed E-state index contributed by atoms with van der Waals surface area (Å²) in [6, 6.07) is 5.30. The molecular weight excluding hydrogens is 704 g/mol. The maximum absolute atomic E-state index is 15.2. The van der Waals surface area contributed by atoms with E-state index in [2.05, 4.69) is 20.9 Å². The average molecular weight is 738 g/mol. The number of halogens is 1. The van der Waals surface area contributed by atoms with Crippen molar-refractivity contribution < 1.29 is 38.1 Å². The van der Waals surface area contributed by atoms with E-state index in [1.807, 2.05) is 20.2 Å². The van der Waals surface area contributed by atoms with Crippen molar-refractivity contribution in [2.45, 2.75) is 43.8 Å². The van der Waals surface area contributed by atoms with Gasteiger partial charge >= 0.3 is 11.6 Å². The first-order chi connectivity index (χ1) is 24.6. The quantitative estimate of drug-likeness (QED) is 0.0752. The minimum atomic E-state index is -1.26. The number of nitrogens with two attached hydrogens (primary N) is 1. The van der Waals surface area contributed by atoms with Crippen LogP contribution in [0.25, 0.3) is 5.65 Å². The smallest absolute Gasteiger partial charge is 0.352 e. The van der Waals surface area contributed by atoms with Crippen LogP contribution in [0.3, 0.4) is 0 Å². The molecule has 1 aromatic carbocycles. The summed E-state index contributed by atoms with van der Waals surface area (Å²) in [5.41, 5.74) is 10.3. The summed E-state index contributed by atoms with van der Waals surface area (Å²) in [6.45, 7) is 1.90. The molecule has 51 heavy (non-hydrogen) atoms. The molecule has 3 aliphatic rings. The molecule has 5 N–H and O–H groups in total. The molecule has 19 heteroatoms. The van der Waals surface area contributed by atoms with Crippen LogP contribution in [0, 0.1) is 5.82 Å². The average Bonchev–Trinajstić information content (AvgIpc) is 3.84. The first-order valence-electron chi connectivity index (χ1n) is 16.1. The number of carbonyl (C=O) groups is 4. The van der Waals surface area contributed by atoms with E-state index in [0.29, 0.717) is 11.1 Å². The number of nitrogens with one attached hydrogen (secondary N) is 2. The van der Waals surface area contributed by atoms with Gasteiger partial charge < -0.3 is 21.0 Å². The number of oxime groups is 1. The second kappa shape index (κ2) is 14.2. The fraction of sp³-hybridized carbons (Fsp3) is 0.344. The van der Waals surface area contributed by atoms with Crippen LogP contribution in [0.5, 0.6) is 0 Å². The number of carbonyl (C=O) groups excluding carboxylic acids is 3. The summed E-state index contributed by atoms with van der Waals surface area (Å²) in [7, 11) is 1.27. The van der Waals surface area contributed by atoms with Crippen molar-refractivity contribution in [2.75, 3.05) is 31.7 Å². The van der Waals surface area contributed by atoms with Crippen molar-refractivity contribution in [1.82, 2.24) is 34.8 Å². The van der Waals surface area contributed by atoms with E-state index in [-0.39, 0.29) is 52.5 Å². The molecule has 266 valence electrons. The predicted octanol–water partition coefficient (Wildman–Crippen LogP) is 1.17. The zero-order valence-corrected chi connectivity index (χ0v) is 29.0. The number of amides is 3. The van der Waals surface area contributed by atoms with Gasteiger partial charge in [0.05, 0.1) is 18.8 Å². The van der Waals surface area contributed by atoms with Crippen LogP contribution in [0.4, 0.5) is 9.52 Å². The summed E-state index contributed by atoms with van der Waals surface area (Å²) in [5.74, 6) is -3.10. The van der Waals surface area contributed by atoms with Gasteiger partial charge in [0, 0.05) is 35.3 Å². The van der Waals surface area contributed by atoms with Gasteiger partial charge in [0.1, 0.15) is 48.5 Å². The van der Waals surface area contributed by atoms with Gasteiger partial charge in [-0.2, -0.15) is 0 Å². The van der Waals surface area contributed by atoms with Gasteiger partial charge in [0.15, 0.2) is 17.0 Å². The lowest BCUT2D eigenvalue weighted by Gasteiger charge is -2.49. The molecule has 16 nitrogen and oxygen atoms in total. The number of hydrogen-bond acceptors (Lipinski definition) is 11. The molecular formula is C32H34FN10O6S2+. The lowest BCUT2D eigenvalue weighted by Crippen LogP contribution is -2.71. The van der Waals surface area contributed by atoms with Crippen LogP contribution in [0.15, 0.2) is 64.7 Å². The number of imidazole rings is 1. The number of thioether (sulfide) groups is 1. The number of anilines is 1. The van der Waals surface area contributed by atoms with Crippen molar-refractivity contribution >= 4 is 63.3 Å². The third-order valence-electron chi connectivity index (χ3n) is 8.91. The standard InChI is InChI=1S/C32H33FN10O6S2/c1-49-38-24(22-17-51-32(34)35-22)28(45)36-25-29(46)43-26(31(47)48)20(16-50-30(25)43)15-41-10-7-23-39(11-12-42(23)41)14-19-6-5-18(13-21(19)33)27(44)37-40-8-3-2-4-9-40/h5-7,10-13,17,25,30H,2-4,8-9,14-16H2,1H3,(H4-,34,35,36,37,44,45,47,48)/p+1/b38-24-/t25-,30-/m1/s1. The highest BCUT2D eigenvalue weighted by atomic mass is 32.2. The number of β-lactam (4-membered cyclic amide) rings is 1. The van der Waals surface area contributed by atoms with E-state index in [9.17, 15) is 24.3 Å². The highest BCUT2D eigenvalue weighted by Crippen LogP contribution is 2.40. The van der Waals surface area contributed by atoms with Crippen LogP contribution < -0.4 is 21.0 Å². The third-order valence-corrected chi connectivity index (χ3v) is 10.9. The summed E-state index contributed by atoms with van der Waals surface area (Å²) in [5, 5.41) is 19.6. The molecule has 3 aromatic heterocycles. The monoisotopic (exact) mass is 737 g/mol. The number of nitrogens with zero attached hydrogens (tertiary/aromatic N) is 7. The first-order valence-corrected chi connectivity index (χ1v) is 18.0. The normalized spacial score (nSPS) is 19.5. The fourth-order valence-electron chi connectivity index (χ4n) is 6.42. The number of fused-ring (bicyclic) bond motifs is 2. The number of nitrogen functional groups attached to an aromatic ring is 1. The maximum Gasteiger partial charge on any atom is 0.352 e. The number of rotatable bonds is 11. The minimum absolute atomic E-state index is 0.138. The molecule has 0 radical (unpaired) electrons. The Bertz CT molecular complexity index is 2100. The molecule has 0 unspecified atom stereocenters. The SMILES string of the molecule is CO/N=C(\C(=O)N[C@@H]1C(=O)N2C(C(=O)O)=C(Cn3ccc4n3cc[n+]4Cc3ccc(C(=O)NN4CCCCC4)cc3F)CS[C@H]12)c1csc(N)n1. The summed E-state index contributed by atoms with van der Waals surface area (Å²) in [4.78, 5) is 61.6. The second-order valence-corrected chi connectivity index (χ2v) is 14.1. The number of piperidine rings is 1. The molecule has 3 amide bonds. The van der Waals surface area contributed by atoms with Gasteiger partial charge in [-0.05, 0) is 30.5 Å². The van der Waals surface area contributed by atoms with E-state index in [0.717, 1.165) is 49.3 Å². The molecule has 2 fully saturated rings. The number of carboxylic acids is 1. The molecule has 7 rings (SSSR count). The van der Waals surface area contributed by atoms with E-state index in [1.165, 1.54) is 35.2 Å². The van der Waals surface area contributed by atoms with Crippen LogP contribution >= 0.6 is 23.1 Å². The van der Waals surface area contributed by atoms with Gasteiger partial charge in [0.25, 0.3) is 17.7 Å². The number of carboxylic acid groups (broad SMARTS) is 1. The van der Waals surface area contributed by atoms with E-state index < -0.39 is 35.0 Å². The number of aromatic nitrogens is 4.